The highest BCUT2D eigenvalue weighted by molar-refractivity contribution is 5.63. The number of hydrogen-bond donors (Lipinski definition) is 1. The van der Waals surface area contributed by atoms with E-state index >= 15 is 0 Å². The molecule has 122 valence electrons. The van der Waals surface area contributed by atoms with Crippen LogP contribution in [0.5, 0.6) is 11.5 Å². The van der Waals surface area contributed by atoms with Crippen molar-refractivity contribution in [1.82, 2.24) is 0 Å². The van der Waals surface area contributed by atoms with Gasteiger partial charge in [0.25, 0.3) is 0 Å². The topological polar surface area (TPSA) is 32.7 Å². The van der Waals surface area contributed by atoms with Crippen molar-refractivity contribution in [2.45, 2.75) is 32.8 Å². The SMILES string of the molecule is CC(C)CCN1CC(Cc2ccccc2)Oc2ccc(O)cc21. The zero-order valence-electron chi connectivity index (χ0n) is 13.9. The van der Waals surface area contributed by atoms with Crippen LogP contribution >= 0.6 is 0 Å². The van der Waals surface area contributed by atoms with E-state index in [0.29, 0.717) is 11.7 Å². The maximum atomic E-state index is 9.80. The lowest BCUT2D eigenvalue weighted by atomic mass is 10.0. The molecule has 3 rings (SSSR count). The third kappa shape index (κ3) is 3.98. The van der Waals surface area contributed by atoms with Gasteiger partial charge in [0.15, 0.2) is 0 Å². The second-order valence-corrected chi connectivity index (χ2v) is 6.71. The minimum Gasteiger partial charge on any atom is -0.508 e. The fraction of sp³-hybridized carbons (Fsp3) is 0.400. The Morgan fingerprint density at radius 3 is 2.70 bits per heavy atom. The smallest absolute Gasteiger partial charge is 0.143 e. The van der Waals surface area contributed by atoms with Gasteiger partial charge in [-0.2, -0.15) is 0 Å². The molecular weight excluding hydrogens is 286 g/mol. The molecule has 23 heavy (non-hydrogen) atoms. The van der Waals surface area contributed by atoms with Gasteiger partial charge in [-0.05, 0) is 30.0 Å². The molecule has 1 N–H and O–H groups in total. The van der Waals surface area contributed by atoms with Crippen LogP contribution < -0.4 is 9.64 Å². The molecule has 2 aromatic rings. The number of benzene rings is 2. The van der Waals surface area contributed by atoms with Gasteiger partial charge in [-0.1, -0.05) is 44.2 Å². The predicted molar refractivity (Wildman–Crippen MR) is 94.3 cm³/mol. The Bertz CT molecular complexity index is 639. The van der Waals surface area contributed by atoms with Gasteiger partial charge >= 0.3 is 0 Å². The lowest BCUT2D eigenvalue weighted by Crippen LogP contribution is -2.42. The average molecular weight is 311 g/mol. The first-order valence-corrected chi connectivity index (χ1v) is 8.40. The summed E-state index contributed by atoms with van der Waals surface area (Å²) in [4.78, 5) is 2.35. The maximum Gasteiger partial charge on any atom is 0.143 e. The van der Waals surface area contributed by atoms with Gasteiger partial charge in [-0.3, -0.25) is 0 Å². The summed E-state index contributed by atoms with van der Waals surface area (Å²) < 4.78 is 6.18. The highest BCUT2D eigenvalue weighted by atomic mass is 16.5. The van der Waals surface area contributed by atoms with E-state index in [4.69, 9.17) is 4.74 Å². The lowest BCUT2D eigenvalue weighted by Gasteiger charge is -2.37. The van der Waals surface area contributed by atoms with E-state index in [0.717, 1.165) is 37.4 Å². The van der Waals surface area contributed by atoms with E-state index in [2.05, 4.69) is 43.0 Å². The predicted octanol–water partition coefficient (Wildman–Crippen LogP) is 4.25. The van der Waals surface area contributed by atoms with Crippen LogP contribution in [-0.2, 0) is 6.42 Å². The Kier molecular flexibility index (Phi) is 4.75. The van der Waals surface area contributed by atoms with Crippen LogP contribution in [0, 0.1) is 5.92 Å². The van der Waals surface area contributed by atoms with Gasteiger partial charge in [0, 0.05) is 19.0 Å². The zero-order chi connectivity index (χ0) is 16.2. The number of fused-ring (bicyclic) bond motifs is 1. The minimum absolute atomic E-state index is 0.140. The molecule has 1 aliphatic heterocycles. The highest BCUT2D eigenvalue weighted by Crippen LogP contribution is 2.37. The van der Waals surface area contributed by atoms with Crippen molar-refractivity contribution in [3.63, 3.8) is 0 Å². The standard InChI is InChI=1S/C20H25NO2/c1-15(2)10-11-21-14-18(12-16-6-4-3-5-7-16)23-20-9-8-17(22)13-19(20)21/h3-9,13,15,18,22H,10-12,14H2,1-2H3. The van der Waals surface area contributed by atoms with Gasteiger partial charge in [0.2, 0.25) is 0 Å². The molecule has 1 aliphatic rings. The van der Waals surface area contributed by atoms with Crippen LogP contribution in [0.2, 0.25) is 0 Å². The molecule has 3 nitrogen and oxygen atoms in total. The van der Waals surface area contributed by atoms with E-state index in [1.807, 2.05) is 18.2 Å². The van der Waals surface area contributed by atoms with Crippen LogP contribution in [0.25, 0.3) is 0 Å². The summed E-state index contributed by atoms with van der Waals surface area (Å²) in [6.07, 6.45) is 2.17. The molecule has 3 heteroatoms. The Morgan fingerprint density at radius 1 is 1.17 bits per heavy atom. The van der Waals surface area contributed by atoms with Crippen LogP contribution in [0.4, 0.5) is 5.69 Å². The molecule has 0 amide bonds. The number of phenols is 1. The summed E-state index contributed by atoms with van der Waals surface area (Å²) in [7, 11) is 0. The van der Waals surface area contributed by atoms with Crippen LogP contribution in [0.3, 0.4) is 0 Å². The number of anilines is 1. The quantitative estimate of drug-likeness (QED) is 0.896. The number of ether oxygens (including phenoxy) is 1. The van der Waals surface area contributed by atoms with E-state index in [1.165, 1.54) is 5.56 Å². The molecule has 1 unspecified atom stereocenters. The number of aromatic hydroxyl groups is 1. The van der Waals surface area contributed by atoms with Crippen LogP contribution in [0.1, 0.15) is 25.8 Å². The van der Waals surface area contributed by atoms with E-state index in [9.17, 15) is 5.11 Å². The Balaban J connectivity index is 1.79. The van der Waals surface area contributed by atoms with E-state index in [1.54, 1.807) is 6.07 Å². The summed E-state index contributed by atoms with van der Waals surface area (Å²) in [6.45, 7) is 6.33. The molecule has 0 fully saturated rings. The van der Waals surface area contributed by atoms with Crippen molar-refractivity contribution >= 4 is 5.69 Å². The molecule has 0 spiro atoms. The first kappa shape index (κ1) is 15.7. The molecule has 1 atom stereocenters. The van der Waals surface area contributed by atoms with Gasteiger partial charge in [0.05, 0.1) is 12.2 Å². The molecular formula is C20H25NO2. The van der Waals surface area contributed by atoms with Crippen molar-refractivity contribution < 1.29 is 9.84 Å². The third-order valence-electron chi connectivity index (χ3n) is 4.28. The summed E-state index contributed by atoms with van der Waals surface area (Å²) in [6, 6.07) is 15.9. The van der Waals surface area contributed by atoms with Crippen molar-refractivity contribution in [2.75, 3.05) is 18.0 Å². The van der Waals surface area contributed by atoms with Crippen molar-refractivity contribution in [3.8, 4) is 11.5 Å². The normalized spacial score (nSPS) is 17.0. The summed E-state index contributed by atoms with van der Waals surface area (Å²) in [5.41, 5.74) is 2.30. The summed E-state index contributed by atoms with van der Waals surface area (Å²) in [5.74, 6) is 1.83. The Labute approximate surface area is 138 Å². The van der Waals surface area contributed by atoms with Gasteiger partial charge < -0.3 is 14.7 Å². The van der Waals surface area contributed by atoms with Crippen LogP contribution in [0.15, 0.2) is 48.5 Å². The molecule has 0 aliphatic carbocycles. The fourth-order valence-corrected chi connectivity index (χ4v) is 3.02. The van der Waals surface area contributed by atoms with Gasteiger partial charge in [-0.25, -0.2) is 0 Å². The van der Waals surface area contributed by atoms with E-state index < -0.39 is 0 Å². The molecule has 1 heterocycles. The third-order valence-corrected chi connectivity index (χ3v) is 4.28. The largest absolute Gasteiger partial charge is 0.508 e. The first-order chi connectivity index (χ1) is 11.1. The van der Waals surface area contributed by atoms with Crippen molar-refractivity contribution in [2.24, 2.45) is 5.92 Å². The highest BCUT2D eigenvalue weighted by Gasteiger charge is 2.26. The number of rotatable bonds is 5. The molecule has 0 radical (unpaired) electrons. The van der Waals surface area contributed by atoms with Crippen molar-refractivity contribution in [1.29, 1.82) is 0 Å². The van der Waals surface area contributed by atoms with Gasteiger partial charge in [0.1, 0.15) is 17.6 Å². The second kappa shape index (κ2) is 6.95. The molecule has 0 saturated carbocycles. The fourth-order valence-electron chi connectivity index (χ4n) is 3.02. The minimum atomic E-state index is 0.140. The number of phenolic OH excluding ortho intramolecular Hbond substituents is 1. The lowest BCUT2D eigenvalue weighted by molar-refractivity contribution is 0.192. The molecule has 0 bridgehead atoms. The number of hydrogen-bond acceptors (Lipinski definition) is 3. The Morgan fingerprint density at radius 2 is 1.96 bits per heavy atom. The second-order valence-electron chi connectivity index (χ2n) is 6.71. The van der Waals surface area contributed by atoms with Crippen molar-refractivity contribution in [3.05, 3.63) is 54.1 Å². The summed E-state index contributed by atoms with van der Waals surface area (Å²) in [5, 5.41) is 9.80. The van der Waals surface area contributed by atoms with E-state index in [-0.39, 0.29) is 6.10 Å². The molecule has 0 aromatic heterocycles. The summed E-state index contributed by atoms with van der Waals surface area (Å²) >= 11 is 0. The monoisotopic (exact) mass is 311 g/mol. The molecule has 0 saturated heterocycles. The molecule has 2 aromatic carbocycles. The first-order valence-electron chi connectivity index (χ1n) is 8.40. The average Bonchev–Trinajstić information content (AvgIpc) is 2.54. The van der Waals surface area contributed by atoms with Crippen LogP contribution in [-0.4, -0.2) is 24.3 Å². The van der Waals surface area contributed by atoms with Gasteiger partial charge in [-0.15, -0.1) is 0 Å². The Hall–Kier alpha value is -2.16. The number of nitrogens with zero attached hydrogens (tertiary/aromatic N) is 1. The zero-order valence-corrected chi connectivity index (χ0v) is 13.9. The maximum absolute atomic E-state index is 9.80.